The third-order valence-corrected chi connectivity index (χ3v) is 2.64. The molecule has 2 rings (SSSR count). The predicted octanol–water partition coefficient (Wildman–Crippen LogP) is 3.19. The second-order valence-electron chi connectivity index (χ2n) is 5.45. The molecule has 0 saturated heterocycles. The Balaban J connectivity index is 2.03. The zero-order valence-electron chi connectivity index (χ0n) is 11.5. The van der Waals surface area contributed by atoms with Gasteiger partial charge in [-0.3, -0.25) is 0 Å². The third kappa shape index (κ3) is 2.72. The molecular weight excluding hydrogens is 230 g/mol. The number of nitrogens with one attached hydrogen (secondary N) is 1. The fraction of sp³-hybridized carbons (Fsp3) is 0.538. The minimum atomic E-state index is -0.130. The Kier molecular flexibility index (Phi) is 3.15. The van der Waals surface area contributed by atoms with Crippen molar-refractivity contribution in [2.45, 2.75) is 46.6 Å². The molecule has 0 unspecified atom stereocenters. The van der Waals surface area contributed by atoms with Gasteiger partial charge >= 0.3 is 6.01 Å². The van der Waals surface area contributed by atoms with E-state index < -0.39 is 0 Å². The van der Waals surface area contributed by atoms with Crippen LogP contribution in [0.1, 0.15) is 43.7 Å². The smallest absolute Gasteiger partial charge is 0.315 e. The van der Waals surface area contributed by atoms with E-state index >= 15 is 0 Å². The summed E-state index contributed by atoms with van der Waals surface area (Å²) >= 11 is 0. The molecule has 0 aliphatic carbocycles. The lowest BCUT2D eigenvalue weighted by Gasteiger charge is -2.10. The molecule has 0 radical (unpaired) electrons. The van der Waals surface area contributed by atoms with Crippen LogP contribution in [0.25, 0.3) is 0 Å². The van der Waals surface area contributed by atoms with Gasteiger partial charge in [0.05, 0.1) is 0 Å². The molecule has 5 nitrogen and oxygen atoms in total. The third-order valence-electron chi connectivity index (χ3n) is 2.64. The standard InChI is InChI=1S/C13H19N3O2/c1-8-6-10(9(2)17-8)7-14-12-16-15-11(18-12)13(3,4)5/h6H,7H2,1-5H3,(H,14,16). The highest BCUT2D eigenvalue weighted by atomic mass is 16.4. The van der Waals surface area contributed by atoms with Gasteiger partial charge in [0.1, 0.15) is 11.5 Å². The fourth-order valence-electron chi connectivity index (χ4n) is 1.63. The number of hydrogen-bond acceptors (Lipinski definition) is 5. The van der Waals surface area contributed by atoms with Crippen LogP contribution in [0.15, 0.2) is 14.9 Å². The maximum atomic E-state index is 5.55. The zero-order valence-corrected chi connectivity index (χ0v) is 11.5. The summed E-state index contributed by atoms with van der Waals surface area (Å²) in [4.78, 5) is 0. The quantitative estimate of drug-likeness (QED) is 0.905. The first-order valence-corrected chi connectivity index (χ1v) is 6.00. The summed E-state index contributed by atoms with van der Waals surface area (Å²) in [5.74, 6) is 2.45. The maximum Gasteiger partial charge on any atom is 0.315 e. The van der Waals surface area contributed by atoms with Crippen LogP contribution in [0.3, 0.4) is 0 Å². The summed E-state index contributed by atoms with van der Waals surface area (Å²) in [6.07, 6.45) is 0. The van der Waals surface area contributed by atoms with Crippen LogP contribution in [0.5, 0.6) is 0 Å². The molecule has 0 amide bonds. The van der Waals surface area contributed by atoms with E-state index in [0.717, 1.165) is 17.1 Å². The van der Waals surface area contributed by atoms with E-state index in [1.54, 1.807) is 0 Å². The first kappa shape index (κ1) is 12.7. The van der Waals surface area contributed by atoms with Gasteiger partial charge in [0, 0.05) is 17.5 Å². The maximum absolute atomic E-state index is 5.55. The molecule has 0 spiro atoms. The Morgan fingerprint density at radius 2 is 1.89 bits per heavy atom. The molecule has 2 heterocycles. The van der Waals surface area contributed by atoms with Gasteiger partial charge in [0.2, 0.25) is 5.89 Å². The van der Waals surface area contributed by atoms with E-state index in [-0.39, 0.29) is 5.41 Å². The van der Waals surface area contributed by atoms with Crippen molar-refractivity contribution >= 4 is 6.01 Å². The fourth-order valence-corrected chi connectivity index (χ4v) is 1.63. The monoisotopic (exact) mass is 249 g/mol. The van der Waals surface area contributed by atoms with Crippen molar-refractivity contribution in [3.05, 3.63) is 29.0 Å². The molecule has 18 heavy (non-hydrogen) atoms. The Morgan fingerprint density at radius 3 is 2.39 bits per heavy atom. The molecule has 2 aromatic rings. The zero-order chi connectivity index (χ0) is 13.3. The first-order valence-electron chi connectivity index (χ1n) is 6.00. The molecule has 0 fully saturated rings. The summed E-state index contributed by atoms with van der Waals surface area (Å²) in [5.41, 5.74) is 0.970. The van der Waals surface area contributed by atoms with E-state index in [2.05, 4.69) is 15.5 Å². The van der Waals surface area contributed by atoms with E-state index in [0.29, 0.717) is 18.5 Å². The molecule has 0 aliphatic heterocycles. The van der Waals surface area contributed by atoms with E-state index in [9.17, 15) is 0 Å². The molecule has 98 valence electrons. The summed E-state index contributed by atoms with van der Waals surface area (Å²) in [6.45, 7) is 10.6. The summed E-state index contributed by atoms with van der Waals surface area (Å²) in [6, 6.07) is 2.45. The lowest BCUT2D eigenvalue weighted by atomic mass is 9.97. The van der Waals surface area contributed by atoms with Crippen molar-refractivity contribution in [2.24, 2.45) is 0 Å². The molecule has 0 aromatic carbocycles. The average molecular weight is 249 g/mol. The van der Waals surface area contributed by atoms with Gasteiger partial charge in [0.25, 0.3) is 0 Å². The number of aromatic nitrogens is 2. The topological polar surface area (TPSA) is 64.1 Å². The number of hydrogen-bond donors (Lipinski definition) is 1. The van der Waals surface area contributed by atoms with Crippen LogP contribution < -0.4 is 5.32 Å². The number of rotatable bonds is 3. The minimum Gasteiger partial charge on any atom is -0.466 e. The van der Waals surface area contributed by atoms with Crippen molar-refractivity contribution in [3.63, 3.8) is 0 Å². The van der Waals surface area contributed by atoms with Crippen molar-refractivity contribution in [2.75, 3.05) is 5.32 Å². The molecule has 0 saturated carbocycles. The Morgan fingerprint density at radius 1 is 1.17 bits per heavy atom. The van der Waals surface area contributed by atoms with Crippen molar-refractivity contribution in [1.82, 2.24) is 10.2 Å². The summed E-state index contributed by atoms with van der Waals surface area (Å²) in [7, 11) is 0. The van der Waals surface area contributed by atoms with Gasteiger partial charge in [-0.1, -0.05) is 25.9 Å². The number of nitrogens with zero attached hydrogens (tertiary/aromatic N) is 2. The molecule has 5 heteroatoms. The predicted molar refractivity (Wildman–Crippen MR) is 68.5 cm³/mol. The second kappa shape index (κ2) is 4.48. The van der Waals surface area contributed by atoms with Crippen molar-refractivity contribution in [1.29, 1.82) is 0 Å². The van der Waals surface area contributed by atoms with Gasteiger partial charge in [-0.15, -0.1) is 5.10 Å². The van der Waals surface area contributed by atoms with Crippen LogP contribution in [0.4, 0.5) is 6.01 Å². The van der Waals surface area contributed by atoms with Crippen LogP contribution >= 0.6 is 0 Å². The molecule has 2 aromatic heterocycles. The molecule has 0 aliphatic rings. The molecule has 1 N–H and O–H groups in total. The van der Waals surface area contributed by atoms with E-state index in [1.165, 1.54) is 0 Å². The van der Waals surface area contributed by atoms with E-state index in [1.807, 2.05) is 40.7 Å². The van der Waals surface area contributed by atoms with Crippen LogP contribution in [0.2, 0.25) is 0 Å². The van der Waals surface area contributed by atoms with Gasteiger partial charge in [-0.25, -0.2) is 0 Å². The van der Waals surface area contributed by atoms with Crippen molar-refractivity contribution < 1.29 is 8.83 Å². The lowest BCUT2D eigenvalue weighted by molar-refractivity contribution is 0.399. The van der Waals surface area contributed by atoms with Gasteiger partial charge in [-0.2, -0.15) is 0 Å². The van der Waals surface area contributed by atoms with E-state index in [4.69, 9.17) is 8.83 Å². The molecule has 0 atom stereocenters. The lowest BCUT2D eigenvalue weighted by Crippen LogP contribution is -2.11. The summed E-state index contributed by atoms with van der Waals surface area (Å²) in [5, 5.41) is 11.1. The van der Waals surface area contributed by atoms with Gasteiger partial charge in [-0.05, 0) is 19.9 Å². The highest BCUT2D eigenvalue weighted by Crippen LogP contribution is 2.22. The van der Waals surface area contributed by atoms with Crippen LogP contribution in [-0.2, 0) is 12.0 Å². The Labute approximate surface area is 107 Å². The second-order valence-corrected chi connectivity index (χ2v) is 5.45. The highest BCUT2D eigenvalue weighted by Gasteiger charge is 2.21. The van der Waals surface area contributed by atoms with Crippen LogP contribution in [-0.4, -0.2) is 10.2 Å². The minimum absolute atomic E-state index is 0.130. The number of anilines is 1. The normalized spacial score (nSPS) is 11.8. The first-order chi connectivity index (χ1) is 8.36. The summed E-state index contributed by atoms with van der Waals surface area (Å²) < 4.78 is 11.0. The highest BCUT2D eigenvalue weighted by molar-refractivity contribution is 5.26. The van der Waals surface area contributed by atoms with Crippen LogP contribution in [0, 0.1) is 13.8 Å². The Hall–Kier alpha value is -1.78. The van der Waals surface area contributed by atoms with Crippen molar-refractivity contribution in [3.8, 4) is 0 Å². The number of furan rings is 1. The Bertz CT molecular complexity index is 535. The largest absolute Gasteiger partial charge is 0.466 e. The molecular formula is C13H19N3O2. The average Bonchev–Trinajstić information content (AvgIpc) is 2.81. The molecule has 0 bridgehead atoms. The van der Waals surface area contributed by atoms with Gasteiger partial charge < -0.3 is 14.2 Å². The number of aryl methyl sites for hydroxylation is 2. The SMILES string of the molecule is Cc1cc(CNc2nnc(C(C)(C)C)o2)c(C)o1. The van der Waals surface area contributed by atoms with Gasteiger partial charge in [0.15, 0.2) is 0 Å².